The molecule has 4 nitrogen and oxygen atoms in total. The van der Waals surface area contributed by atoms with Crippen LogP contribution in [0, 0.1) is 19.8 Å². The van der Waals surface area contributed by atoms with Gasteiger partial charge in [-0.1, -0.05) is 26.0 Å². The molecule has 0 fully saturated rings. The zero-order valence-corrected chi connectivity index (χ0v) is 12.2. The van der Waals surface area contributed by atoms with Crippen molar-refractivity contribution in [2.75, 3.05) is 19.7 Å². The molecule has 0 bridgehead atoms. The maximum Gasteiger partial charge on any atom is 0.314 e. The van der Waals surface area contributed by atoms with Crippen LogP contribution in [0.25, 0.3) is 0 Å². The molecule has 2 amide bonds. The summed E-state index contributed by atoms with van der Waals surface area (Å²) in [7, 11) is 0. The third-order valence-corrected chi connectivity index (χ3v) is 2.87. The van der Waals surface area contributed by atoms with Gasteiger partial charge in [0.1, 0.15) is 12.4 Å². The molecule has 19 heavy (non-hydrogen) atoms. The van der Waals surface area contributed by atoms with E-state index < -0.39 is 0 Å². The van der Waals surface area contributed by atoms with Crippen molar-refractivity contribution >= 4 is 6.03 Å². The highest BCUT2D eigenvalue weighted by molar-refractivity contribution is 5.73. The summed E-state index contributed by atoms with van der Waals surface area (Å²) in [5.41, 5.74) is 2.35. The van der Waals surface area contributed by atoms with Gasteiger partial charge in [-0.3, -0.25) is 0 Å². The van der Waals surface area contributed by atoms with Gasteiger partial charge >= 0.3 is 6.03 Å². The summed E-state index contributed by atoms with van der Waals surface area (Å²) in [5.74, 6) is 1.33. The third-order valence-electron chi connectivity index (χ3n) is 2.87. The molecule has 0 unspecified atom stereocenters. The number of benzene rings is 1. The fourth-order valence-electron chi connectivity index (χ4n) is 1.57. The summed E-state index contributed by atoms with van der Waals surface area (Å²) in [6.07, 6.45) is 0. The summed E-state index contributed by atoms with van der Waals surface area (Å²) in [4.78, 5) is 11.4. The lowest BCUT2D eigenvalue weighted by atomic mass is 10.1. The van der Waals surface area contributed by atoms with Crippen LogP contribution in [0.4, 0.5) is 4.79 Å². The average Bonchev–Trinajstić information content (AvgIpc) is 2.37. The average molecular weight is 264 g/mol. The van der Waals surface area contributed by atoms with Crippen molar-refractivity contribution in [1.29, 1.82) is 0 Å². The van der Waals surface area contributed by atoms with E-state index in [1.165, 1.54) is 5.56 Å². The van der Waals surface area contributed by atoms with Crippen LogP contribution in [-0.4, -0.2) is 25.7 Å². The molecular weight excluding hydrogens is 240 g/mol. The Morgan fingerprint density at radius 1 is 1.26 bits per heavy atom. The summed E-state index contributed by atoms with van der Waals surface area (Å²) in [6.45, 7) is 9.86. The van der Waals surface area contributed by atoms with Crippen molar-refractivity contribution in [2.45, 2.75) is 27.7 Å². The number of urea groups is 1. The van der Waals surface area contributed by atoms with Gasteiger partial charge in [-0.25, -0.2) is 4.79 Å². The highest BCUT2D eigenvalue weighted by atomic mass is 16.5. The fourth-order valence-corrected chi connectivity index (χ4v) is 1.57. The summed E-state index contributed by atoms with van der Waals surface area (Å²) in [6, 6.07) is 5.83. The normalized spacial score (nSPS) is 10.4. The van der Waals surface area contributed by atoms with Crippen LogP contribution >= 0.6 is 0 Å². The molecule has 0 aliphatic carbocycles. The molecule has 0 saturated heterocycles. The van der Waals surface area contributed by atoms with E-state index in [0.29, 0.717) is 25.6 Å². The second-order valence-electron chi connectivity index (χ2n) is 5.08. The highest BCUT2D eigenvalue weighted by Gasteiger charge is 2.03. The summed E-state index contributed by atoms with van der Waals surface area (Å²) in [5, 5.41) is 5.56. The van der Waals surface area contributed by atoms with Gasteiger partial charge in [-0.15, -0.1) is 0 Å². The predicted octanol–water partition coefficient (Wildman–Crippen LogP) is 2.64. The van der Waals surface area contributed by atoms with Gasteiger partial charge in [0.05, 0.1) is 6.54 Å². The number of hydrogen-bond donors (Lipinski definition) is 2. The van der Waals surface area contributed by atoms with E-state index in [0.717, 1.165) is 11.3 Å². The molecule has 2 N–H and O–H groups in total. The van der Waals surface area contributed by atoms with Gasteiger partial charge in [0.15, 0.2) is 0 Å². The van der Waals surface area contributed by atoms with E-state index in [1.807, 2.05) is 19.1 Å². The van der Waals surface area contributed by atoms with Crippen LogP contribution in [0.2, 0.25) is 0 Å². The van der Waals surface area contributed by atoms with E-state index in [-0.39, 0.29) is 6.03 Å². The van der Waals surface area contributed by atoms with E-state index in [2.05, 4.69) is 37.5 Å². The van der Waals surface area contributed by atoms with Crippen LogP contribution in [0.15, 0.2) is 18.2 Å². The number of aryl methyl sites for hydroxylation is 1. The lowest BCUT2D eigenvalue weighted by Crippen LogP contribution is -2.39. The largest absolute Gasteiger partial charge is 0.491 e. The Hall–Kier alpha value is -1.71. The lowest BCUT2D eigenvalue weighted by Gasteiger charge is -2.12. The third kappa shape index (κ3) is 5.64. The van der Waals surface area contributed by atoms with E-state index in [1.54, 1.807) is 0 Å². The minimum Gasteiger partial charge on any atom is -0.491 e. The molecule has 0 aliphatic heterocycles. The minimum absolute atomic E-state index is 0.140. The van der Waals surface area contributed by atoms with Crippen molar-refractivity contribution in [1.82, 2.24) is 10.6 Å². The Labute approximate surface area is 115 Å². The van der Waals surface area contributed by atoms with E-state index >= 15 is 0 Å². The molecule has 0 saturated carbocycles. The van der Waals surface area contributed by atoms with Gasteiger partial charge in [0.25, 0.3) is 0 Å². The Morgan fingerprint density at radius 2 is 2.00 bits per heavy atom. The summed E-state index contributed by atoms with van der Waals surface area (Å²) < 4.78 is 5.65. The Morgan fingerprint density at radius 3 is 2.68 bits per heavy atom. The monoisotopic (exact) mass is 264 g/mol. The predicted molar refractivity (Wildman–Crippen MR) is 77.7 cm³/mol. The molecule has 106 valence electrons. The van der Waals surface area contributed by atoms with Gasteiger partial charge in [0.2, 0.25) is 0 Å². The zero-order valence-electron chi connectivity index (χ0n) is 12.2. The second-order valence-corrected chi connectivity index (χ2v) is 5.08. The number of nitrogens with one attached hydrogen (secondary N) is 2. The van der Waals surface area contributed by atoms with Crippen molar-refractivity contribution in [3.05, 3.63) is 29.3 Å². The van der Waals surface area contributed by atoms with Crippen molar-refractivity contribution in [2.24, 2.45) is 5.92 Å². The first-order chi connectivity index (χ1) is 9.00. The molecule has 0 spiro atoms. The molecule has 4 heteroatoms. The van der Waals surface area contributed by atoms with Crippen LogP contribution in [0.3, 0.4) is 0 Å². The van der Waals surface area contributed by atoms with Crippen LogP contribution < -0.4 is 15.4 Å². The first-order valence-electron chi connectivity index (χ1n) is 6.71. The van der Waals surface area contributed by atoms with E-state index in [4.69, 9.17) is 4.74 Å². The molecule has 0 aromatic heterocycles. The minimum atomic E-state index is -0.140. The number of amides is 2. The standard InChI is InChI=1S/C15H24N2O2/c1-11(2)10-17-15(18)16-8-9-19-14-7-5-6-12(3)13(14)4/h5-7,11H,8-10H2,1-4H3,(H2,16,17,18). The SMILES string of the molecule is Cc1cccc(OCCNC(=O)NCC(C)C)c1C. The Bertz CT molecular complexity index is 417. The van der Waals surface area contributed by atoms with Crippen molar-refractivity contribution in [3.63, 3.8) is 0 Å². The topological polar surface area (TPSA) is 50.4 Å². The number of carbonyl (C=O) groups excluding carboxylic acids is 1. The number of ether oxygens (including phenoxy) is 1. The van der Waals surface area contributed by atoms with Gasteiger partial charge in [0, 0.05) is 6.54 Å². The molecule has 0 atom stereocenters. The maximum atomic E-state index is 11.4. The number of rotatable bonds is 6. The Kier molecular flexibility index (Phi) is 6.19. The van der Waals surface area contributed by atoms with Crippen LogP contribution in [-0.2, 0) is 0 Å². The molecule has 1 aromatic carbocycles. The molecule has 1 aromatic rings. The van der Waals surface area contributed by atoms with Gasteiger partial charge in [-0.2, -0.15) is 0 Å². The molecule has 0 radical (unpaired) electrons. The molecule has 0 aliphatic rings. The smallest absolute Gasteiger partial charge is 0.314 e. The second kappa shape index (κ2) is 7.67. The first kappa shape index (κ1) is 15.3. The molecular formula is C15H24N2O2. The Balaban J connectivity index is 2.24. The quantitative estimate of drug-likeness (QED) is 0.776. The fraction of sp³-hybridized carbons (Fsp3) is 0.533. The summed E-state index contributed by atoms with van der Waals surface area (Å²) >= 11 is 0. The molecule has 1 rings (SSSR count). The van der Waals surface area contributed by atoms with Crippen molar-refractivity contribution in [3.8, 4) is 5.75 Å². The number of hydrogen-bond acceptors (Lipinski definition) is 2. The van der Waals surface area contributed by atoms with Crippen molar-refractivity contribution < 1.29 is 9.53 Å². The lowest BCUT2D eigenvalue weighted by molar-refractivity contribution is 0.235. The zero-order chi connectivity index (χ0) is 14.3. The van der Waals surface area contributed by atoms with Gasteiger partial charge in [-0.05, 0) is 37.0 Å². The first-order valence-corrected chi connectivity index (χ1v) is 6.71. The maximum absolute atomic E-state index is 11.4. The van der Waals surface area contributed by atoms with E-state index in [9.17, 15) is 4.79 Å². The van der Waals surface area contributed by atoms with Crippen LogP contribution in [0.1, 0.15) is 25.0 Å². The number of carbonyl (C=O) groups is 1. The van der Waals surface area contributed by atoms with Gasteiger partial charge < -0.3 is 15.4 Å². The molecule has 0 heterocycles. The van der Waals surface area contributed by atoms with Crippen LogP contribution in [0.5, 0.6) is 5.75 Å². The highest BCUT2D eigenvalue weighted by Crippen LogP contribution is 2.20.